The topological polar surface area (TPSA) is 70.6 Å². The molecule has 0 radical (unpaired) electrons. The van der Waals surface area contributed by atoms with Crippen LogP contribution in [0.1, 0.15) is 24.4 Å². The summed E-state index contributed by atoms with van der Waals surface area (Å²) in [6.45, 7) is 0.294. The van der Waals surface area contributed by atoms with Crippen molar-refractivity contribution in [2.75, 3.05) is 18.5 Å². The van der Waals surface area contributed by atoms with E-state index in [0.29, 0.717) is 24.3 Å². The molecule has 130 valence electrons. The van der Waals surface area contributed by atoms with Gasteiger partial charge in [-0.25, -0.2) is 4.79 Å². The van der Waals surface area contributed by atoms with E-state index >= 15 is 0 Å². The van der Waals surface area contributed by atoms with Crippen molar-refractivity contribution in [2.24, 2.45) is 0 Å². The molecule has 0 aliphatic heterocycles. The average Bonchev–Trinajstić information content (AvgIpc) is 2.65. The molecule has 0 heterocycles. The van der Waals surface area contributed by atoms with Gasteiger partial charge in [0.15, 0.2) is 0 Å². The molecular weight excluding hydrogens is 316 g/mol. The lowest BCUT2D eigenvalue weighted by Gasteiger charge is -2.19. The Bertz CT molecular complexity index is 693. The van der Waals surface area contributed by atoms with E-state index in [4.69, 9.17) is 16.3 Å². The smallest absolute Gasteiger partial charge is 0.319 e. The van der Waals surface area contributed by atoms with E-state index in [9.17, 15) is 4.79 Å². The van der Waals surface area contributed by atoms with E-state index in [1.807, 2.05) is 30.3 Å². The van der Waals surface area contributed by atoms with Gasteiger partial charge in [0, 0.05) is 12.3 Å². The van der Waals surface area contributed by atoms with Crippen LogP contribution in [0.4, 0.5) is 10.5 Å². The highest BCUT2D eigenvalue weighted by atomic mass is 16.5. The van der Waals surface area contributed by atoms with E-state index in [0.717, 1.165) is 5.56 Å². The van der Waals surface area contributed by atoms with Gasteiger partial charge in [-0.15, -0.1) is 6.42 Å². The summed E-state index contributed by atoms with van der Waals surface area (Å²) < 4.78 is 5.29. The Morgan fingerprint density at radius 3 is 2.52 bits per heavy atom. The molecule has 2 rings (SSSR count). The maximum atomic E-state index is 12.3. The molecule has 5 heteroatoms. The molecule has 5 nitrogen and oxygen atoms in total. The fraction of sp³-hybridized carbons (Fsp3) is 0.250. The summed E-state index contributed by atoms with van der Waals surface area (Å²) in [6.07, 6.45) is 6.42. The van der Waals surface area contributed by atoms with Crippen molar-refractivity contribution in [1.29, 1.82) is 0 Å². The van der Waals surface area contributed by atoms with E-state index in [2.05, 4.69) is 16.6 Å². The summed E-state index contributed by atoms with van der Waals surface area (Å²) in [5.41, 5.74) is 1.66. The standard InChI is InChI=1S/C20H22N2O3/c1-2-15-25-18-12-10-17(11-13-18)21-20(24)22-19(9-6-14-23)16-7-4-3-5-8-16/h1,3-5,7-8,10-13,19,23H,6,9,14-15H2,(H2,21,22,24)/t19-/m1/s1. The molecule has 0 aliphatic rings. The van der Waals surface area contributed by atoms with Gasteiger partial charge in [0.25, 0.3) is 0 Å². The van der Waals surface area contributed by atoms with Crippen LogP contribution < -0.4 is 15.4 Å². The minimum atomic E-state index is -0.302. The second-order valence-corrected chi connectivity index (χ2v) is 5.44. The van der Waals surface area contributed by atoms with Gasteiger partial charge in [0.1, 0.15) is 12.4 Å². The third kappa shape index (κ3) is 6.21. The van der Waals surface area contributed by atoms with Gasteiger partial charge in [-0.3, -0.25) is 0 Å². The SMILES string of the molecule is C#CCOc1ccc(NC(=O)N[C@H](CCCO)c2ccccc2)cc1. The Kier molecular flexibility index (Phi) is 7.36. The molecule has 0 saturated heterocycles. The van der Waals surface area contributed by atoms with Crippen molar-refractivity contribution < 1.29 is 14.6 Å². The number of aliphatic hydroxyl groups excluding tert-OH is 1. The van der Waals surface area contributed by atoms with Crippen LogP contribution in [-0.2, 0) is 0 Å². The first-order chi connectivity index (χ1) is 12.2. The first-order valence-corrected chi connectivity index (χ1v) is 8.12. The summed E-state index contributed by atoms with van der Waals surface area (Å²) in [7, 11) is 0. The van der Waals surface area contributed by atoms with Gasteiger partial charge in [0.2, 0.25) is 0 Å². The van der Waals surface area contributed by atoms with Crippen LogP contribution in [0.15, 0.2) is 54.6 Å². The summed E-state index contributed by atoms with van der Waals surface area (Å²) in [5.74, 6) is 3.04. The maximum Gasteiger partial charge on any atom is 0.319 e. The van der Waals surface area contributed by atoms with Crippen LogP contribution in [0, 0.1) is 12.3 Å². The van der Waals surface area contributed by atoms with Crippen molar-refractivity contribution in [3.05, 3.63) is 60.2 Å². The lowest BCUT2D eigenvalue weighted by Crippen LogP contribution is -2.32. The molecule has 3 N–H and O–H groups in total. The molecule has 0 unspecified atom stereocenters. The maximum absolute atomic E-state index is 12.3. The lowest BCUT2D eigenvalue weighted by atomic mass is 10.0. The second-order valence-electron chi connectivity index (χ2n) is 5.44. The molecule has 0 fully saturated rings. The number of urea groups is 1. The Hall–Kier alpha value is -2.97. The molecule has 2 aromatic carbocycles. The summed E-state index contributed by atoms with van der Waals surface area (Å²) in [4.78, 5) is 12.3. The highest BCUT2D eigenvalue weighted by Gasteiger charge is 2.14. The third-order valence-corrected chi connectivity index (χ3v) is 3.59. The van der Waals surface area contributed by atoms with Gasteiger partial charge in [-0.1, -0.05) is 36.3 Å². The zero-order valence-corrected chi connectivity index (χ0v) is 13.9. The van der Waals surface area contributed by atoms with Gasteiger partial charge < -0.3 is 20.5 Å². The highest BCUT2D eigenvalue weighted by Crippen LogP contribution is 2.19. The number of terminal acetylenes is 1. The van der Waals surface area contributed by atoms with Crippen LogP contribution in [-0.4, -0.2) is 24.4 Å². The van der Waals surface area contributed by atoms with Crippen molar-refractivity contribution in [1.82, 2.24) is 5.32 Å². The van der Waals surface area contributed by atoms with E-state index in [-0.39, 0.29) is 25.3 Å². The molecule has 0 spiro atoms. The molecule has 1 atom stereocenters. The van der Waals surface area contributed by atoms with Crippen LogP contribution in [0.3, 0.4) is 0 Å². The number of rotatable bonds is 8. The molecule has 25 heavy (non-hydrogen) atoms. The Balaban J connectivity index is 1.95. The highest BCUT2D eigenvalue weighted by molar-refractivity contribution is 5.89. The number of benzene rings is 2. The Labute approximate surface area is 148 Å². The molecule has 0 aliphatic carbocycles. The number of hydrogen-bond acceptors (Lipinski definition) is 3. The molecule has 2 aromatic rings. The second kappa shape index (κ2) is 10.0. The minimum absolute atomic E-state index is 0.0890. The Morgan fingerprint density at radius 1 is 1.16 bits per heavy atom. The summed E-state index contributed by atoms with van der Waals surface area (Å²) in [5, 5.41) is 14.8. The van der Waals surface area contributed by atoms with Gasteiger partial charge in [-0.05, 0) is 42.7 Å². The normalized spacial score (nSPS) is 11.2. The van der Waals surface area contributed by atoms with Gasteiger partial charge >= 0.3 is 6.03 Å². The summed E-state index contributed by atoms with van der Waals surface area (Å²) >= 11 is 0. The molecule has 0 bridgehead atoms. The van der Waals surface area contributed by atoms with Crippen molar-refractivity contribution >= 4 is 11.7 Å². The zero-order chi connectivity index (χ0) is 17.9. The van der Waals surface area contributed by atoms with Crippen molar-refractivity contribution in [3.63, 3.8) is 0 Å². The number of carbonyl (C=O) groups excluding carboxylic acids is 1. The number of nitrogens with one attached hydrogen (secondary N) is 2. The number of hydrogen-bond donors (Lipinski definition) is 3. The molecular formula is C20H22N2O3. The van der Waals surface area contributed by atoms with Gasteiger partial charge in [0.05, 0.1) is 6.04 Å². The fourth-order valence-electron chi connectivity index (χ4n) is 2.39. The third-order valence-electron chi connectivity index (χ3n) is 3.59. The predicted molar refractivity (Wildman–Crippen MR) is 98.4 cm³/mol. The number of aliphatic hydroxyl groups is 1. The van der Waals surface area contributed by atoms with Crippen LogP contribution >= 0.6 is 0 Å². The minimum Gasteiger partial charge on any atom is -0.481 e. The summed E-state index contributed by atoms with van der Waals surface area (Å²) in [6, 6.07) is 16.2. The molecule has 0 aromatic heterocycles. The molecule has 2 amide bonds. The van der Waals surface area contributed by atoms with Crippen LogP contribution in [0.2, 0.25) is 0 Å². The largest absolute Gasteiger partial charge is 0.481 e. The van der Waals surface area contributed by atoms with Gasteiger partial charge in [-0.2, -0.15) is 0 Å². The predicted octanol–water partition coefficient (Wildman–Crippen LogP) is 3.33. The molecule has 0 saturated carbocycles. The first kappa shape index (κ1) is 18.4. The number of carbonyl (C=O) groups is 1. The lowest BCUT2D eigenvalue weighted by molar-refractivity contribution is 0.244. The van der Waals surface area contributed by atoms with E-state index < -0.39 is 0 Å². The average molecular weight is 338 g/mol. The van der Waals surface area contributed by atoms with Crippen LogP contribution in [0.5, 0.6) is 5.75 Å². The van der Waals surface area contributed by atoms with Crippen molar-refractivity contribution in [3.8, 4) is 18.1 Å². The number of ether oxygens (including phenoxy) is 1. The Morgan fingerprint density at radius 2 is 1.88 bits per heavy atom. The van der Waals surface area contributed by atoms with E-state index in [1.165, 1.54) is 0 Å². The van der Waals surface area contributed by atoms with Crippen LogP contribution in [0.25, 0.3) is 0 Å². The number of amides is 2. The van der Waals surface area contributed by atoms with Crippen molar-refractivity contribution in [2.45, 2.75) is 18.9 Å². The fourth-order valence-corrected chi connectivity index (χ4v) is 2.39. The monoisotopic (exact) mass is 338 g/mol. The quantitative estimate of drug-likeness (QED) is 0.647. The van der Waals surface area contributed by atoms with E-state index in [1.54, 1.807) is 24.3 Å². The number of anilines is 1. The first-order valence-electron chi connectivity index (χ1n) is 8.12. The zero-order valence-electron chi connectivity index (χ0n) is 13.9.